The van der Waals surface area contributed by atoms with E-state index in [-0.39, 0.29) is 22.3 Å². The maximum atomic E-state index is 13.4. The number of thioether (sulfide) groups is 2. The Morgan fingerprint density at radius 1 is 1.06 bits per heavy atom. The normalized spacial score (nSPS) is 20.2. The van der Waals surface area contributed by atoms with Crippen LogP contribution in [0.3, 0.4) is 0 Å². The van der Waals surface area contributed by atoms with Crippen LogP contribution in [0.15, 0.2) is 47.4 Å². The van der Waals surface area contributed by atoms with Crippen molar-refractivity contribution in [1.29, 1.82) is 0 Å². The summed E-state index contributed by atoms with van der Waals surface area (Å²) in [5, 5.41) is 0. The van der Waals surface area contributed by atoms with Crippen molar-refractivity contribution in [2.45, 2.75) is 41.7 Å². The van der Waals surface area contributed by atoms with E-state index in [2.05, 4.69) is 0 Å². The number of hydrogen-bond acceptors (Lipinski definition) is 7. The third-order valence-electron chi connectivity index (χ3n) is 5.71. The number of rotatable bonds is 6. The van der Waals surface area contributed by atoms with E-state index in [0.29, 0.717) is 16.9 Å². The topological polar surface area (TPSA) is 72.9 Å². The molecule has 0 saturated carbocycles. The molecule has 2 aromatic rings. The second-order valence-corrected chi connectivity index (χ2v) is 12.4. The third-order valence-corrected chi connectivity index (χ3v) is 10.9. The van der Waals surface area contributed by atoms with Gasteiger partial charge in [-0.3, -0.25) is 0 Å². The van der Waals surface area contributed by atoms with Crippen molar-refractivity contribution in [3.63, 3.8) is 0 Å². The Labute approximate surface area is 198 Å². The Hall–Kier alpha value is -1.68. The van der Waals surface area contributed by atoms with Gasteiger partial charge in [0.1, 0.15) is 16.4 Å². The van der Waals surface area contributed by atoms with Crippen LogP contribution in [0.25, 0.3) is 0 Å². The third kappa shape index (κ3) is 4.95. The number of nitrogens with zero attached hydrogens (tertiary/aromatic N) is 1. The summed E-state index contributed by atoms with van der Waals surface area (Å²) >= 11 is 3.83. The fourth-order valence-corrected chi connectivity index (χ4v) is 8.71. The van der Waals surface area contributed by atoms with Crippen molar-refractivity contribution in [3.05, 3.63) is 53.6 Å². The van der Waals surface area contributed by atoms with Crippen LogP contribution in [0.4, 0.5) is 0 Å². The minimum atomic E-state index is -3.80. The molecule has 2 aliphatic heterocycles. The minimum absolute atomic E-state index is 0.00571. The van der Waals surface area contributed by atoms with Crippen LogP contribution in [0, 0.1) is 0 Å². The highest BCUT2D eigenvalue weighted by Crippen LogP contribution is 2.45. The standard InChI is InChI=1S/C23H27NO5S3/c1-16-5-3-4-12-24(16)32(26,27)21-15-18(8-11-20(21)28-2)22(25)29-19-9-6-17(7-10-19)23-30-13-14-31-23/h6-11,15-16,23H,3-5,12-14H2,1-2H3. The number of esters is 1. The molecule has 1 unspecified atom stereocenters. The zero-order valence-electron chi connectivity index (χ0n) is 18.2. The van der Waals surface area contributed by atoms with E-state index in [1.165, 1.54) is 35.2 Å². The fraction of sp³-hybridized carbons (Fsp3) is 0.435. The van der Waals surface area contributed by atoms with E-state index < -0.39 is 16.0 Å². The second kappa shape index (κ2) is 10.1. The van der Waals surface area contributed by atoms with Crippen molar-refractivity contribution in [3.8, 4) is 11.5 Å². The molecule has 1 atom stereocenters. The summed E-state index contributed by atoms with van der Waals surface area (Å²) in [6, 6.07) is 11.8. The quantitative estimate of drug-likeness (QED) is 0.416. The van der Waals surface area contributed by atoms with Gasteiger partial charge in [0.15, 0.2) is 0 Å². The van der Waals surface area contributed by atoms with E-state index in [1.54, 1.807) is 12.1 Å². The summed E-state index contributed by atoms with van der Waals surface area (Å²) < 4.78 is 39.5. The van der Waals surface area contributed by atoms with Crippen molar-refractivity contribution >= 4 is 39.5 Å². The monoisotopic (exact) mass is 493 g/mol. The minimum Gasteiger partial charge on any atom is -0.495 e. The molecule has 0 spiro atoms. The first-order valence-corrected chi connectivity index (χ1v) is 14.2. The van der Waals surface area contributed by atoms with Crippen LogP contribution in [-0.4, -0.2) is 49.9 Å². The highest BCUT2D eigenvalue weighted by Gasteiger charge is 2.33. The van der Waals surface area contributed by atoms with Gasteiger partial charge in [-0.25, -0.2) is 13.2 Å². The van der Waals surface area contributed by atoms with Gasteiger partial charge in [-0.15, -0.1) is 23.5 Å². The molecule has 6 nitrogen and oxygen atoms in total. The Bertz CT molecular complexity index is 1070. The predicted octanol–water partition coefficient (Wildman–Crippen LogP) is 4.96. The van der Waals surface area contributed by atoms with Crippen LogP contribution in [-0.2, 0) is 10.0 Å². The van der Waals surface area contributed by atoms with Crippen molar-refractivity contribution < 1.29 is 22.7 Å². The number of carbonyl (C=O) groups excluding carboxylic acids is 1. The van der Waals surface area contributed by atoms with Gasteiger partial charge in [0.2, 0.25) is 10.0 Å². The molecule has 0 aliphatic carbocycles. The molecule has 0 radical (unpaired) electrons. The SMILES string of the molecule is COc1ccc(C(=O)Oc2ccc(C3SCCS3)cc2)cc1S(=O)(=O)N1CCCCC1C. The molecule has 32 heavy (non-hydrogen) atoms. The number of methoxy groups -OCH3 is 1. The van der Waals surface area contributed by atoms with Gasteiger partial charge in [0, 0.05) is 24.1 Å². The number of piperidine rings is 1. The van der Waals surface area contributed by atoms with Crippen molar-refractivity contribution in [2.24, 2.45) is 0 Å². The summed E-state index contributed by atoms with van der Waals surface area (Å²) in [5.74, 6) is 2.33. The molecule has 0 N–H and O–H groups in total. The Morgan fingerprint density at radius 2 is 1.78 bits per heavy atom. The maximum absolute atomic E-state index is 13.4. The Morgan fingerprint density at radius 3 is 2.44 bits per heavy atom. The maximum Gasteiger partial charge on any atom is 0.343 e. The lowest BCUT2D eigenvalue weighted by atomic mass is 10.1. The zero-order valence-corrected chi connectivity index (χ0v) is 20.6. The molecule has 2 heterocycles. The van der Waals surface area contributed by atoms with E-state index in [4.69, 9.17) is 9.47 Å². The summed E-state index contributed by atoms with van der Waals surface area (Å²) in [4.78, 5) is 12.8. The van der Waals surface area contributed by atoms with Crippen molar-refractivity contribution in [2.75, 3.05) is 25.2 Å². The predicted molar refractivity (Wildman–Crippen MR) is 129 cm³/mol. The van der Waals surface area contributed by atoms with Crippen molar-refractivity contribution in [1.82, 2.24) is 4.31 Å². The van der Waals surface area contributed by atoms with Gasteiger partial charge in [0.05, 0.1) is 17.3 Å². The largest absolute Gasteiger partial charge is 0.495 e. The second-order valence-electron chi connectivity index (χ2n) is 7.86. The number of carbonyl (C=O) groups is 1. The van der Waals surface area contributed by atoms with Gasteiger partial charge in [-0.05, 0) is 55.7 Å². The first-order chi connectivity index (χ1) is 15.4. The summed E-state index contributed by atoms with van der Waals surface area (Å²) in [6.07, 6.45) is 2.65. The fourth-order valence-electron chi connectivity index (χ4n) is 3.97. The molecule has 0 bridgehead atoms. The molecule has 172 valence electrons. The summed E-state index contributed by atoms with van der Waals surface area (Å²) in [6.45, 7) is 2.37. The average Bonchev–Trinajstić information content (AvgIpc) is 3.34. The van der Waals surface area contributed by atoms with Gasteiger partial charge < -0.3 is 9.47 Å². The average molecular weight is 494 g/mol. The van der Waals surface area contributed by atoms with Crippen LogP contribution in [0.5, 0.6) is 11.5 Å². The van der Waals surface area contributed by atoms with Gasteiger partial charge in [-0.2, -0.15) is 4.31 Å². The van der Waals surface area contributed by atoms with E-state index in [1.807, 2.05) is 42.6 Å². The first kappa shape index (κ1) is 23.5. The van der Waals surface area contributed by atoms with E-state index >= 15 is 0 Å². The molecule has 0 amide bonds. The zero-order chi connectivity index (χ0) is 22.7. The molecule has 2 aromatic carbocycles. The summed E-state index contributed by atoms with van der Waals surface area (Å²) in [7, 11) is -2.38. The van der Waals surface area contributed by atoms with Crippen LogP contribution in [0.1, 0.15) is 46.7 Å². The molecule has 2 aliphatic rings. The smallest absolute Gasteiger partial charge is 0.343 e. The lowest BCUT2D eigenvalue weighted by Gasteiger charge is -2.32. The van der Waals surface area contributed by atoms with Crippen LogP contribution in [0.2, 0.25) is 0 Å². The highest BCUT2D eigenvalue weighted by atomic mass is 32.2. The summed E-state index contributed by atoms with van der Waals surface area (Å²) in [5.41, 5.74) is 1.37. The molecular formula is C23H27NO5S3. The number of benzene rings is 2. The van der Waals surface area contributed by atoms with Gasteiger partial charge in [0.25, 0.3) is 0 Å². The van der Waals surface area contributed by atoms with E-state index in [9.17, 15) is 13.2 Å². The molecule has 4 rings (SSSR count). The lowest BCUT2D eigenvalue weighted by molar-refractivity contribution is 0.0734. The molecule has 2 saturated heterocycles. The Balaban J connectivity index is 1.55. The Kier molecular flexibility index (Phi) is 7.39. The number of sulfonamides is 1. The number of ether oxygens (including phenoxy) is 2. The molecule has 2 fully saturated rings. The van der Waals surface area contributed by atoms with Gasteiger partial charge >= 0.3 is 5.97 Å². The van der Waals surface area contributed by atoms with E-state index in [0.717, 1.165) is 30.8 Å². The van der Waals surface area contributed by atoms with Gasteiger partial charge in [-0.1, -0.05) is 18.6 Å². The highest BCUT2D eigenvalue weighted by molar-refractivity contribution is 8.19. The number of hydrogen-bond donors (Lipinski definition) is 0. The molecule has 9 heteroatoms. The molecular weight excluding hydrogens is 466 g/mol. The van der Waals surface area contributed by atoms with Crippen LogP contribution >= 0.6 is 23.5 Å². The van der Waals surface area contributed by atoms with Crippen LogP contribution < -0.4 is 9.47 Å². The molecule has 0 aromatic heterocycles. The lowest BCUT2D eigenvalue weighted by Crippen LogP contribution is -2.42. The first-order valence-electron chi connectivity index (χ1n) is 10.7.